The summed E-state index contributed by atoms with van der Waals surface area (Å²) < 4.78 is 2.30. The lowest BCUT2D eigenvalue weighted by Gasteiger charge is -2.16. The van der Waals surface area contributed by atoms with Crippen LogP contribution in [-0.2, 0) is 6.42 Å². The summed E-state index contributed by atoms with van der Waals surface area (Å²) in [4.78, 5) is 9.20. The van der Waals surface area contributed by atoms with Crippen LogP contribution in [0.15, 0.2) is 48.3 Å². The molecule has 0 fully saturated rings. The molecule has 22 heavy (non-hydrogen) atoms. The normalized spacial score (nSPS) is 17.0. The van der Waals surface area contributed by atoms with Crippen molar-refractivity contribution in [1.29, 1.82) is 0 Å². The van der Waals surface area contributed by atoms with Gasteiger partial charge in [0.15, 0.2) is 0 Å². The zero-order chi connectivity index (χ0) is 14.9. The van der Waals surface area contributed by atoms with Crippen molar-refractivity contribution < 1.29 is 0 Å². The van der Waals surface area contributed by atoms with Crippen LogP contribution in [0.3, 0.4) is 0 Å². The molecular formula is C19H19N3. The molecular weight excluding hydrogens is 270 g/mol. The maximum Gasteiger partial charge on any atom is 0.146 e. The third kappa shape index (κ3) is 2.23. The summed E-state index contributed by atoms with van der Waals surface area (Å²) >= 11 is 0. The Kier molecular flexibility index (Phi) is 3.26. The minimum absolute atomic E-state index is 1.00. The third-order valence-electron chi connectivity index (χ3n) is 4.28. The van der Waals surface area contributed by atoms with E-state index in [1.807, 2.05) is 12.3 Å². The van der Waals surface area contributed by atoms with Crippen LogP contribution in [-0.4, -0.2) is 14.5 Å². The highest BCUT2D eigenvalue weighted by Crippen LogP contribution is 2.33. The van der Waals surface area contributed by atoms with E-state index in [1.165, 1.54) is 22.7 Å². The number of rotatable bonds is 2. The van der Waals surface area contributed by atoms with Crippen LogP contribution in [0.4, 0.5) is 0 Å². The van der Waals surface area contributed by atoms with Crippen LogP contribution in [0.2, 0.25) is 0 Å². The molecule has 0 aliphatic heterocycles. The molecule has 0 saturated carbocycles. The van der Waals surface area contributed by atoms with Crippen LogP contribution >= 0.6 is 0 Å². The molecule has 0 saturated heterocycles. The quantitative estimate of drug-likeness (QED) is 0.815. The number of aryl methyl sites for hydroxylation is 1. The molecule has 0 amide bonds. The Morgan fingerprint density at radius 1 is 1.18 bits per heavy atom. The van der Waals surface area contributed by atoms with Crippen molar-refractivity contribution in [2.24, 2.45) is 0 Å². The number of aromatic nitrogens is 3. The number of allylic oxidation sites excluding steroid dienone is 5. The van der Waals surface area contributed by atoms with Gasteiger partial charge >= 0.3 is 0 Å². The summed E-state index contributed by atoms with van der Waals surface area (Å²) in [5.41, 5.74) is 6.16. The molecule has 110 valence electrons. The summed E-state index contributed by atoms with van der Waals surface area (Å²) in [6.45, 7) is 2.20. The lowest BCUT2D eigenvalue weighted by atomic mass is 10.0. The SMILES string of the molecule is CC1=Cc2c(nc(-c3cccnc3)n2C2=CCCC=C2)CC1. The second-order valence-corrected chi connectivity index (χ2v) is 5.94. The Morgan fingerprint density at radius 2 is 2.14 bits per heavy atom. The van der Waals surface area contributed by atoms with Crippen LogP contribution in [0.1, 0.15) is 37.6 Å². The lowest BCUT2D eigenvalue weighted by molar-refractivity contribution is 0.891. The highest BCUT2D eigenvalue weighted by molar-refractivity contribution is 5.73. The molecule has 0 spiro atoms. The van der Waals surface area contributed by atoms with Gasteiger partial charge in [-0.3, -0.25) is 9.55 Å². The van der Waals surface area contributed by atoms with Gasteiger partial charge < -0.3 is 0 Å². The van der Waals surface area contributed by atoms with Gasteiger partial charge in [0.25, 0.3) is 0 Å². The Bertz CT molecular complexity index is 792. The first kappa shape index (κ1) is 13.3. The zero-order valence-corrected chi connectivity index (χ0v) is 12.8. The van der Waals surface area contributed by atoms with Gasteiger partial charge in [-0.25, -0.2) is 4.98 Å². The molecule has 2 aromatic rings. The molecule has 2 aliphatic carbocycles. The Labute approximate surface area is 130 Å². The topological polar surface area (TPSA) is 30.7 Å². The molecule has 3 nitrogen and oxygen atoms in total. The standard InChI is InChI=1S/C19H19N3/c1-14-9-10-17-18(12-14)22(16-7-3-2-4-8-16)19(21-17)15-6-5-11-20-13-15/h3,5-8,11-13H,2,4,9-10H2,1H3. The number of imidazole rings is 1. The first-order chi connectivity index (χ1) is 10.8. The lowest BCUT2D eigenvalue weighted by Crippen LogP contribution is -2.05. The van der Waals surface area contributed by atoms with E-state index in [-0.39, 0.29) is 0 Å². The van der Waals surface area contributed by atoms with Crippen LogP contribution in [0.25, 0.3) is 23.2 Å². The van der Waals surface area contributed by atoms with E-state index in [2.05, 4.69) is 46.8 Å². The molecule has 0 unspecified atom stereocenters. The largest absolute Gasteiger partial charge is 0.293 e. The molecule has 0 N–H and O–H groups in total. The number of hydrogen-bond donors (Lipinski definition) is 0. The number of pyridine rings is 1. The van der Waals surface area contributed by atoms with Crippen molar-refractivity contribution in [2.45, 2.75) is 32.6 Å². The van der Waals surface area contributed by atoms with Gasteiger partial charge in [-0.05, 0) is 56.9 Å². The van der Waals surface area contributed by atoms with Crippen molar-refractivity contribution in [1.82, 2.24) is 14.5 Å². The minimum Gasteiger partial charge on any atom is -0.293 e. The second-order valence-electron chi connectivity index (χ2n) is 5.94. The fourth-order valence-electron chi connectivity index (χ4n) is 3.15. The predicted molar refractivity (Wildman–Crippen MR) is 90.1 cm³/mol. The van der Waals surface area contributed by atoms with Crippen molar-refractivity contribution in [3.05, 3.63) is 59.7 Å². The van der Waals surface area contributed by atoms with Crippen molar-refractivity contribution in [2.75, 3.05) is 0 Å². The molecule has 2 aliphatic rings. The third-order valence-corrected chi connectivity index (χ3v) is 4.28. The average Bonchev–Trinajstić information content (AvgIpc) is 2.95. The summed E-state index contributed by atoms with van der Waals surface area (Å²) in [7, 11) is 0. The van der Waals surface area contributed by atoms with Crippen LogP contribution < -0.4 is 0 Å². The Balaban J connectivity index is 1.95. The molecule has 0 radical (unpaired) electrons. The highest BCUT2D eigenvalue weighted by Gasteiger charge is 2.21. The van der Waals surface area contributed by atoms with Gasteiger partial charge in [0.1, 0.15) is 5.82 Å². The van der Waals surface area contributed by atoms with Gasteiger partial charge in [-0.1, -0.05) is 17.7 Å². The van der Waals surface area contributed by atoms with E-state index in [0.717, 1.165) is 37.1 Å². The smallest absolute Gasteiger partial charge is 0.146 e. The first-order valence-electron chi connectivity index (χ1n) is 7.89. The van der Waals surface area contributed by atoms with E-state index in [1.54, 1.807) is 6.20 Å². The number of fused-ring (bicyclic) bond motifs is 1. The van der Waals surface area contributed by atoms with Gasteiger partial charge in [0, 0.05) is 23.7 Å². The number of hydrogen-bond acceptors (Lipinski definition) is 2. The molecule has 0 aromatic carbocycles. The second kappa shape index (κ2) is 5.41. The van der Waals surface area contributed by atoms with E-state index >= 15 is 0 Å². The summed E-state index contributed by atoms with van der Waals surface area (Å²) in [6.07, 6.45) is 17.1. The van der Waals surface area contributed by atoms with Crippen molar-refractivity contribution in [3.63, 3.8) is 0 Å². The van der Waals surface area contributed by atoms with E-state index in [4.69, 9.17) is 4.98 Å². The van der Waals surface area contributed by atoms with Crippen molar-refractivity contribution >= 4 is 11.8 Å². The number of nitrogens with zero attached hydrogens (tertiary/aromatic N) is 3. The maximum absolute atomic E-state index is 4.93. The molecule has 2 aromatic heterocycles. The fourth-order valence-corrected chi connectivity index (χ4v) is 3.15. The van der Waals surface area contributed by atoms with Gasteiger partial charge in [0.05, 0.1) is 11.4 Å². The van der Waals surface area contributed by atoms with Gasteiger partial charge in [-0.15, -0.1) is 0 Å². The van der Waals surface area contributed by atoms with Crippen molar-refractivity contribution in [3.8, 4) is 11.4 Å². The highest BCUT2D eigenvalue weighted by atomic mass is 15.1. The zero-order valence-electron chi connectivity index (χ0n) is 12.8. The summed E-state index contributed by atoms with van der Waals surface area (Å²) in [5.74, 6) is 1.00. The van der Waals surface area contributed by atoms with Gasteiger partial charge in [0.2, 0.25) is 0 Å². The Hall–Kier alpha value is -2.42. The maximum atomic E-state index is 4.93. The monoisotopic (exact) mass is 289 g/mol. The molecule has 4 rings (SSSR count). The first-order valence-corrected chi connectivity index (χ1v) is 7.89. The van der Waals surface area contributed by atoms with Crippen LogP contribution in [0.5, 0.6) is 0 Å². The van der Waals surface area contributed by atoms with E-state index < -0.39 is 0 Å². The molecule has 0 atom stereocenters. The fraction of sp³-hybridized carbons (Fsp3) is 0.263. The predicted octanol–water partition coefficient (Wildman–Crippen LogP) is 4.49. The van der Waals surface area contributed by atoms with Gasteiger partial charge in [-0.2, -0.15) is 0 Å². The average molecular weight is 289 g/mol. The van der Waals surface area contributed by atoms with E-state index in [9.17, 15) is 0 Å². The summed E-state index contributed by atoms with van der Waals surface area (Å²) in [6, 6.07) is 4.06. The minimum atomic E-state index is 1.00. The van der Waals surface area contributed by atoms with E-state index in [0.29, 0.717) is 0 Å². The summed E-state index contributed by atoms with van der Waals surface area (Å²) in [5, 5.41) is 0. The van der Waals surface area contributed by atoms with Crippen LogP contribution in [0, 0.1) is 0 Å². The molecule has 0 bridgehead atoms. The molecule has 2 heterocycles. The molecule has 3 heteroatoms. The Morgan fingerprint density at radius 3 is 2.91 bits per heavy atom.